The van der Waals surface area contributed by atoms with Gasteiger partial charge in [0.2, 0.25) is 0 Å². The highest BCUT2D eigenvalue weighted by atomic mass is 79.9. The zero-order valence-corrected chi connectivity index (χ0v) is 14.8. The molecule has 1 amide bonds. The number of nitrogens with zero attached hydrogens (tertiary/aromatic N) is 1. The Hall–Kier alpha value is -0.790. The minimum atomic E-state index is -4.01. The molecule has 1 saturated heterocycles. The lowest BCUT2D eigenvalue weighted by Gasteiger charge is -2.17. The van der Waals surface area contributed by atoms with Crippen molar-refractivity contribution in [3.05, 3.63) is 22.2 Å². The molecule has 21 heavy (non-hydrogen) atoms. The number of rotatable bonds is 3. The van der Waals surface area contributed by atoms with E-state index in [1.54, 1.807) is 11.0 Å². The van der Waals surface area contributed by atoms with Gasteiger partial charge in [-0.1, -0.05) is 6.92 Å². The normalized spacial score (nSPS) is 18.9. The number of carbonyl (C=O) groups is 1. The molecular formula is C13H15BrClNO4S. The summed E-state index contributed by atoms with van der Waals surface area (Å²) in [6, 6.07) is 2.81. The lowest BCUT2D eigenvalue weighted by Crippen LogP contribution is -2.28. The Balaban J connectivity index is 2.46. The van der Waals surface area contributed by atoms with Crippen molar-refractivity contribution in [1.82, 2.24) is 4.90 Å². The summed E-state index contributed by atoms with van der Waals surface area (Å²) in [6.07, 6.45) is 0.948. The second-order valence-corrected chi connectivity index (χ2v) is 8.46. The maximum absolute atomic E-state index is 12.4. The van der Waals surface area contributed by atoms with Crippen LogP contribution in [0, 0.1) is 5.92 Å². The Bertz CT molecular complexity index is 677. The second kappa shape index (κ2) is 6.14. The molecule has 0 aromatic heterocycles. The summed E-state index contributed by atoms with van der Waals surface area (Å²) in [5.41, 5.74) is 0.274. The predicted molar refractivity (Wildman–Crippen MR) is 83.4 cm³/mol. The third kappa shape index (κ3) is 3.52. The van der Waals surface area contributed by atoms with Crippen LogP contribution in [0.2, 0.25) is 0 Å². The Kier molecular flexibility index (Phi) is 4.85. The molecular weight excluding hydrogens is 382 g/mol. The minimum absolute atomic E-state index is 0.0938. The van der Waals surface area contributed by atoms with Crippen LogP contribution in [0.5, 0.6) is 5.75 Å². The van der Waals surface area contributed by atoms with Crippen LogP contribution < -0.4 is 4.74 Å². The Morgan fingerprint density at radius 3 is 2.62 bits per heavy atom. The van der Waals surface area contributed by atoms with Crippen molar-refractivity contribution in [3.8, 4) is 5.75 Å². The molecule has 1 fully saturated rings. The summed E-state index contributed by atoms with van der Waals surface area (Å²) < 4.78 is 28.7. The number of benzene rings is 1. The third-order valence-electron chi connectivity index (χ3n) is 3.43. The fraction of sp³-hybridized carbons (Fsp3) is 0.462. The van der Waals surface area contributed by atoms with Gasteiger partial charge in [-0.05, 0) is 40.4 Å². The van der Waals surface area contributed by atoms with Gasteiger partial charge in [-0.25, -0.2) is 8.42 Å². The van der Waals surface area contributed by atoms with Gasteiger partial charge in [0, 0.05) is 29.3 Å². The van der Waals surface area contributed by atoms with Crippen LogP contribution in [0.1, 0.15) is 23.7 Å². The summed E-state index contributed by atoms with van der Waals surface area (Å²) in [7, 11) is 2.75. The highest BCUT2D eigenvalue weighted by Gasteiger charge is 2.27. The molecule has 0 N–H and O–H groups in total. The van der Waals surface area contributed by atoms with E-state index >= 15 is 0 Å². The van der Waals surface area contributed by atoms with Gasteiger partial charge in [0.25, 0.3) is 15.0 Å². The van der Waals surface area contributed by atoms with E-state index in [9.17, 15) is 13.2 Å². The van der Waals surface area contributed by atoms with Crippen LogP contribution in [0.15, 0.2) is 21.5 Å². The molecule has 1 aromatic rings. The number of amides is 1. The van der Waals surface area contributed by atoms with Gasteiger partial charge in [0.1, 0.15) is 4.90 Å². The summed E-state index contributed by atoms with van der Waals surface area (Å²) >= 11 is 3.22. The zero-order valence-electron chi connectivity index (χ0n) is 11.6. The molecule has 8 heteroatoms. The van der Waals surface area contributed by atoms with Crippen LogP contribution in [-0.4, -0.2) is 39.4 Å². The second-order valence-electron chi connectivity index (χ2n) is 5.07. The largest absolute Gasteiger partial charge is 0.494 e. The van der Waals surface area contributed by atoms with Crippen LogP contribution in [0.4, 0.5) is 0 Å². The first-order valence-electron chi connectivity index (χ1n) is 6.35. The fourth-order valence-corrected chi connectivity index (χ4v) is 4.15. The molecule has 0 aliphatic carbocycles. The molecule has 116 valence electrons. The number of ether oxygens (including phenoxy) is 1. The van der Waals surface area contributed by atoms with E-state index in [1.165, 1.54) is 13.2 Å². The van der Waals surface area contributed by atoms with E-state index in [-0.39, 0.29) is 22.1 Å². The highest BCUT2D eigenvalue weighted by molar-refractivity contribution is 9.10. The Morgan fingerprint density at radius 2 is 2.14 bits per heavy atom. The lowest BCUT2D eigenvalue weighted by atomic mass is 10.1. The van der Waals surface area contributed by atoms with Gasteiger partial charge in [-0.15, -0.1) is 0 Å². The smallest absolute Gasteiger partial charge is 0.265 e. The molecule has 1 aliphatic heterocycles. The SMILES string of the molecule is COc1c(Br)cc(C(=O)N2CCC(C)C2)cc1S(=O)(=O)Cl. The number of hydrogen-bond donors (Lipinski definition) is 0. The van der Waals surface area contributed by atoms with Crippen LogP contribution in [0.25, 0.3) is 0 Å². The average molecular weight is 397 g/mol. The van der Waals surface area contributed by atoms with Crippen LogP contribution in [-0.2, 0) is 9.05 Å². The van der Waals surface area contributed by atoms with Crippen molar-refractivity contribution in [2.75, 3.05) is 20.2 Å². The van der Waals surface area contributed by atoms with Gasteiger partial charge >= 0.3 is 0 Å². The fourth-order valence-electron chi connectivity index (χ4n) is 2.37. The van der Waals surface area contributed by atoms with E-state index in [0.717, 1.165) is 6.42 Å². The quantitative estimate of drug-likeness (QED) is 0.737. The maximum Gasteiger partial charge on any atom is 0.265 e. The first-order chi connectivity index (χ1) is 9.74. The average Bonchev–Trinajstić information content (AvgIpc) is 2.82. The van der Waals surface area contributed by atoms with E-state index in [4.69, 9.17) is 15.4 Å². The molecule has 1 aliphatic rings. The van der Waals surface area contributed by atoms with Gasteiger partial charge in [0.15, 0.2) is 5.75 Å². The molecule has 0 radical (unpaired) electrons. The van der Waals surface area contributed by atoms with Crippen LogP contribution >= 0.6 is 26.6 Å². The van der Waals surface area contributed by atoms with Crippen LogP contribution in [0.3, 0.4) is 0 Å². The van der Waals surface area contributed by atoms with E-state index in [0.29, 0.717) is 23.5 Å². The first-order valence-corrected chi connectivity index (χ1v) is 9.45. The standard InChI is InChI=1S/C13H15BrClNO4S/c1-8-3-4-16(7-8)13(17)9-5-10(14)12(20-2)11(6-9)21(15,18)19/h5-6,8H,3-4,7H2,1-2H3. The first kappa shape index (κ1) is 16.6. The predicted octanol–water partition coefficient (Wildman–Crippen LogP) is 2.87. The number of halogens is 2. The van der Waals surface area contributed by atoms with E-state index in [2.05, 4.69) is 22.9 Å². The van der Waals surface area contributed by atoms with Gasteiger partial charge < -0.3 is 9.64 Å². The van der Waals surface area contributed by atoms with Gasteiger partial charge in [-0.3, -0.25) is 4.79 Å². The number of hydrogen-bond acceptors (Lipinski definition) is 4. The lowest BCUT2D eigenvalue weighted by molar-refractivity contribution is 0.0787. The zero-order chi connectivity index (χ0) is 15.8. The monoisotopic (exact) mass is 395 g/mol. The molecule has 2 rings (SSSR count). The maximum atomic E-state index is 12.4. The molecule has 1 unspecified atom stereocenters. The summed E-state index contributed by atoms with van der Waals surface area (Å²) in [5.74, 6) is 0.340. The van der Waals surface area contributed by atoms with E-state index < -0.39 is 9.05 Å². The van der Waals surface area contributed by atoms with Crippen molar-refractivity contribution in [2.45, 2.75) is 18.2 Å². The number of likely N-dealkylation sites (tertiary alicyclic amines) is 1. The van der Waals surface area contributed by atoms with Crippen molar-refractivity contribution in [2.24, 2.45) is 5.92 Å². The van der Waals surface area contributed by atoms with E-state index in [1.807, 2.05) is 0 Å². The topological polar surface area (TPSA) is 63.7 Å². The number of carbonyl (C=O) groups excluding carboxylic acids is 1. The summed E-state index contributed by atoms with van der Waals surface area (Å²) in [4.78, 5) is 14.0. The highest BCUT2D eigenvalue weighted by Crippen LogP contribution is 2.36. The molecule has 0 bridgehead atoms. The van der Waals surface area contributed by atoms with Gasteiger partial charge in [0.05, 0.1) is 11.6 Å². The molecule has 1 heterocycles. The summed E-state index contributed by atoms with van der Waals surface area (Å²) in [5, 5.41) is 0. The van der Waals surface area contributed by atoms with Crippen molar-refractivity contribution < 1.29 is 17.9 Å². The molecule has 1 aromatic carbocycles. The van der Waals surface area contributed by atoms with Gasteiger partial charge in [-0.2, -0.15) is 0 Å². The van der Waals surface area contributed by atoms with Crippen molar-refractivity contribution in [1.29, 1.82) is 0 Å². The molecule has 5 nitrogen and oxygen atoms in total. The number of methoxy groups -OCH3 is 1. The Morgan fingerprint density at radius 1 is 1.48 bits per heavy atom. The summed E-state index contributed by atoms with van der Waals surface area (Å²) in [6.45, 7) is 3.42. The van der Waals surface area contributed by atoms with Crippen molar-refractivity contribution >= 4 is 41.6 Å². The molecule has 0 saturated carbocycles. The molecule has 1 atom stereocenters. The minimum Gasteiger partial charge on any atom is -0.494 e. The Labute approximate surface area is 136 Å². The molecule has 0 spiro atoms. The van der Waals surface area contributed by atoms with Crippen molar-refractivity contribution in [3.63, 3.8) is 0 Å². The third-order valence-corrected chi connectivity index (χ3v) is 5.35.